The molecule has 0 aliphatic carbocycles. The Kier molecular flexibility index (Phi) is 3.99. The van der Waals surface area contributed by atoms with Crippen LogP contribution < -0.4 is 16.6 Å². The van der Waals surface area contributed by atoms with Crippen LogP contribution in [0.2, 0.25) is 0 Å². The molecule has 0 spiro atoms. The molecule has 132 valence electrons. The standard InChI is InChI=1S/C13H9F3N4O4S/c1-20-10(22)8-5(3-24-9(8)19-12(20)23)2-7(21)18-11-17-6(4-25-11)13(14,15)16/h3-4H,2H2,1H3,(H,19,23)(H,17,18,21). The van der Waals surface area contributed by atoms with Gasteiger partial charge in [0.2, 0.25) is 11.6 Å². The van der Waals surface area contributed by atoms with Crippen molar-refractivity contribution < 1.29 is 22.4 Å². The number of anilines is 1. The summed E-state index contributed by atoms with van der Waals surface area (Å²) in [6, 6.07) is 0. The molecule has 0 aliphatic rings. The van der Waals surface area contributed by atoms with Crippen molar-refractivity contribution >= 4 is 33.5 Å². The molecular weight excluding hydrogens is 365 g/mol. The largest absolute Gasteiger partial charge is 0.447 e. The molecule has 25 heavy (non-hydrogen) atoms. The van der Waals surface area contributed by atoms with Crippen LogP contribution in [0.5, 0.6) is 0 Å². The van der Waals surface area contributed by atoms with Crippen molar-refractivity contribution in [1.82, 2.24) is 14.5 Å². The lowest BCUT2D eigenvalue weighted by atomic mass is 10.2. The number of aromatic amines is 1. The number of hydrogen-bond donors (Lipinski definition) is 2. The molecular formula is C13H9F3N4O4S. The molecule has 0 radical (unpaired) electrons. The van der Waals surface area contributed by atoms with Crippen LogP contribution >= 0.6 is 11.3 Å². The quantitative estimate of drug-likeness (QED) is 0.722. The SMILES string of the molecule is Cn1c(=O)[nH]c2occ(CC(=O)Nc3nc(C(F)(F)F)cs3)c2c1=O. The van der Waals surface area contributed by atoms with E-state index in [-0.39, 0.29) is 28.2 Å². The number of alkyl halides is 3. The Labute approximate surface area is 139 Å². The number of nitrogens with zero attached hydrogens (tertiary/aromatic N) is 2. The topological polar surface area (TPSA) is 110 Å². The van der Waals surface area contributed by atoms with Gasteiger partial charge in [-0.2, -0.15) is 13.2 Å². The van der Waals surface area contributed by atoms with Crippen molar-refractivity contribution in [1.29, 1.82) is 0 Å². The van der Waals surface area contributed by atoms with E-state index in [4.69, 9.17) is 4.42 Å². The number of furan rings is 1. The molecule has 0 saturated carbocycles. The summed E-state index contributed by atoms with van der Waals surface area (Å²) in [5.41, 5.74) is -2.32. The van der Waals surface area contributed by atoms with Crippen LogP contribution in [-0.2, 0) is 24.4 Å². The molecule has 0 atom stereocenters. The third-order valence-electron chi connectivity index (χ3n) is 3.30. The molecule has 3 aromatic heterocycles. The minimum absolute atomic E-state index is 0.0207. The van der Waals surface area contributed by atoms with E-state index in [1.165, 1.54) is 7.05 Å². The first kappa shape index (κ1) is 17.0. The zero-order valence-electron chi connectivity index (χ0n) is 12.4. The maximum Gasteiger partial charge on any atom is 0.434 e. The lowest BCUT2D eigenvalue weighted by molar-refractivity contribution is -0.140. The van der Waals surface area contributed by atoms with Crippen LogP contribution in [0, 0.1) is 0 Å². The number of nitrogens with one attached hydrogen (secondary N) is 2. The fourth-order valence-electron chi connectivity index (χ4n) is 2.09. The molecule has 8 nitrogen and oxygen atoms in total. The molecule has 0 bridgehead atoms. The number of carbonyl (C=O) groups excluding carboxylic acids is 1. The Morgan fingerprint density at radius 1 is 1.44 bits per heavy atom. The molecule has 1 amide bonds. The van der Waals surface area contributed by atoms with Gasteiger partial charge < -0.3 is 9.73 Å². The predicted octanol–water partition coefficient (Wildman–Crippen LogP) is 1.48. The number of halogens is 3. The molecule has 3 heterocycles. The highest BCUT2D eigenvalue weighted by molar-refractivity contribution is 7.13. The number of H-pyrrole nitrogens is 1. The smallest absolute Gasteiger partial charge is 0.434 e. The van der Waals surface area contributed by atoms with Gasteiger partial charge in [-0.1, -0.05) is 0 Å². The zero-order valence-corrected chi connectivity index (χ0v) is 13.2. The Bertz CT molecular complexity index is 1080. The second kappa shape index (κ2) is 5.88. The van der Waals surface area contributed by atoms with Crippen LogP contribution in [0.25, 0.3) is 11.1 Å². The number of amides is 1. The van der Waals surface area contributed by atoms with E-state index < -0.39 is 29.0 Å². The zero-order chi connectivity index (χ0) is 18.4. The maximum atomic E-state index is 12.5. The second-order valence-corrected chi connectivity index (χ2v) is 5.88. The highest BCUT2D eigenvalue weighted by Crippen LogP contribution is 2.31. The third kappa shape index (κ3) is 3.20. The summed E-state index contributed by atoms with van der Waals surface area (Å²) in [5, 5.41) is 2.81. The predicted molar refractivity (Wildman–Crippen MR) is 81.5 cm³/mol. The van der Waals surface area contributed by atoms with E-state index in [2.05, 4.69) is 15.3 Å². The summed E-state index contributed by atoms with van der Waals surface area (Å²) in [6.45, 7) is 0. The Balaban J connectivity index is 1.83. The Morgan fingerprint density at radius 3 is 2.80 bits per heavy atom. The number of hydrogen-bond acceptors (Lipinski definition) is 6. The number of thiazole rings is 1. The monoisotopic (exact) mass is 374 g/mol. The average molecular weight is 374 g/mol. The van der Waals surface area contributed by atoms with Crippen molar-refractivity contribution in [2.45, 2.75) is 12.6 Å². The van der Waals surface area contributed by atoms with Gasteiger partial charge in [-0.05, 0) is 0 Å². The molecule has 0 fully saturated rings. The first-order valence-electron chi connectivity index (χ1n) is 6.69. The molecule has 3 aromatic rings. The minimum atomic E-state index is -4.60. The van der Waals surface area contributed by atoms with Crippen LogP contribution in [0.3, 0.4) is 0 Å². The van der Waals surface area contributed by atoms with E-state index >= 15 is 0 Å². The van der Waals surface area contributed by atoms with Gasteiger partial charge in [0, 0.05) is 18.0 Å². The van der Waals surface area contributed by atoms with Gasteiger partial charge in [-0.3, -0.25) is 19.1 Å². The fourth-order valence-corrected chi connectivity index (χ4v) is 2.82. The van der Waals surface area contributed by atoms with Crippen molar-refractivity contribution in [3.8, 4) is 0 Å². The van der Waals surface area contributed by atoms with E-state index in [1.54, 1.807) is 0 Å². The van der Waals surface area contributed by atoms with E-state index in [9.17, 15) is 27.6 Å². The summed E-state index contributed by atoms with van der Waals surface area (Å²) in [5.74, 6) is -0.681. The van der Waals surface area contributed by atoms with E-state index in [0.29, 0.717) is 11.3 Å². The summed E-state index contributed by atoms with van der Waals surface area (Å²) < 4.78 is 43.3. The summed E-state index contributed by atoms with van der Waals surface area (Å²) in [4.78, 5) is 41.2. The van der Waals surface area contributed by atoms with Gasteiger partial charge in [0.25, 0.3) is 5.56 Å². The Hall–Kier alpha value is -2.89. The van der Waals surface area contributed by atoms with Crippen LogP contribution in [0.1, 0.15) is 11.3 Å². The number of fused-ring (bicyclic) bond motifs is 1. The van der Waals surface area contributed by atoms with Crippen molar-refractivity contribution in [2.24, 2.45) is 7.05 Å². The van der Waals surface area contributed by atoms with Gasteiger partial charge >= 0.3 is 11.9 Å². The molecule has 12 heteroatoms. The molecule has 0 aliphatic heterocycles. The van der Waals surface area contributed by atoms with Gasteiger partial charge in [-0.15, -0.1) is 11.3 Å². The molecule has 0 unspecified atom stereocenters. The van der Waals surface area contributed by atoms with Gasteiger partial charge in [0.05, 0.1) is 12.7 Å². The van der Waals surface area contributed by atoms with Crippen molar-refractivity contribution in [3.05, 3.63) is 43.7 Å². The van der Waals surface area contributed by atoms with Gasteiger partial charge in [0.1, 0.15) is 5.39 Å². The number of aromatic nitrogens is 3. The van der Waals surface area contributed by atoms with E-state index in [1.807, 2.05) is 0 Å². The van der Waals surface area contributed by atoms with Crippen LogP contribution in [0.15, 0.2) is 25.6 Å². The minimum Gasteiger partial charge on any atom is -0.447 e. The van der Waals surface area contributed by atoms with Crippen LogP contribution in [-0.4, -0.2) is 20.4 Å². The van der Waals surface area contributed by atoms with Crippen LogP contribution in [0.4, 0.5) is 18.3 Å². The lowest BCUT2D eigenvalue weighted by Gasteiger charge is -2.02. The van der Waals surface area contributed by atoms with E-state index in [0.717, 1.165) is 16.2 Å². The fraction of sp³-hybridized carbons (Fsp3) is 0.231. The summed E-state index contributed by atoms with van der Waals surface area (Å²) in [7, 11) is 1.26. The van der Waals surface area contributed by atoms with Gasteiger partial charge in [0.15, 0.2) is 10.8 Å². The average Bonchev–Trinajstić information content (AvgIpc) is 3.12. The number of carbonyl (C=O) groups is 1. The molecule has 0 saturated heterocycles. The van der Waals surface area contributed by atoms with Crippen molar-refractivity contribution in [2.75, 3.05) is 5.32 Å². The highest BCUT2D eigenvalue weighted by atomic mass is 32.1. The van der Waals surface area contributed by atoms with Crippen molar-refractivity contribution in [3.63, 3.8) is 0 Å². The van der Waals surface area contributed by atoms with Gasteiger partial charge in [-0.25, -0.2) is 9.78 Å². The molecule has 0 aromatic carbocycles. The second-order valence-electron chi connectivity index (χ2n) is 5.02. The first-order chi connectivity index (χ1) is 11.7. The summed E-state index contributed by atoms with van der Waals surface area (Å²) in [6.07, 6.45) is -3.81. The highest BCUT2D eigenvalue weighted by Gasteiger charge is 2.33. The molecule has 2 N–H and O–H groups in total. The summed E-state index contributed by atoms with van der Waals surface area (Å²) >= 11 is 0.629. The maximum absolute atomic E-state index is 12.5. The molecule has 3 rings (SSSR count). The first-order valence-corrected chi connectivity index (χ1v) is 7.56. The third-order valence-corrected chi connectivity index (χ3v) is 4.06. The Morgan fingerprint density at radius 2 is 2.16 bits per heavy atom. The normalized spacial score (nSPS) is 11.8. The lowest BCUT2D eigenvalue weighted by Crippen LogP contribution is -2.32. The number of rotatable bonds is 3.